The average Bonchev–Trinajstić information content (AvgIpc) is 2.32. The van der Waals surface area contributed by atoms with Gasteiger partial charge in [-0.25, -0.2) is 0 Å². The van der Waals surface area contributed by atoms with Gasteiger partial charge in [0.15, 0.2) is 0 Å². The SMILES string of the molecule is CCC(C)N(C)CCNC(=O)CC1(CN)CCC1. The number of nitrogens with zero attached hydrogens (tertiary/aromatic N) is 1. The molecule has 0 radical (unpaired) electrons. The van der Waals surface area contributed by atoms with Gasteiger partial charge in [-0.3, -0.25) is 4.79 Å². The van der Waals surface area contributed by atoms with Crippen molar-refractivity contribution in [3.63, 3.8) is 0 Å². The zero-order valence-corrected chi connectivity index (χ0v) is 12.2. The minimum Gasteiger partial charge on any atom is -0.355 e. The number of nitrogens with two attached hydrogens (primary N) is 1. The molecule has 1 unspecified atom stereocenters. The molecule has 18 heavy (non-hydrogen) atoms. The first-order valence-corrected chi connectivity index (χ1v) is 7.20. The molecule has 0 aliphatic heterocycles. The summed E-state index contributed by atoms with van der Waals surface area (Å²) in [7, 11) is 2.10. The van der Waals surface area contributed by atoms with Crippen LogP contribution >= 0.6 is 0 Å². The van der Waals surface area contributed by atoms with E-state index in [1.54, 1.807) is 0 Å². The lowest BCUT2D eigenvalue weighted by Gasteiger charge is -2.40. The molecule has 0 spiro atoms. The Hall–Kier alpha value is -0.610. The maximum absolute atomic E-state index is 11.8. The predicted molar refractivity (Wildman–Crippen MR) is 75.3 cm³/mol. The second-order valence-corrected chi connectivity index (χ2v) is 5.82. The fourth-order valence-corrected chi connectivity index (χ4v) is 2.44. The molecule has 0 aromatic rings. The van der Waals surface area contributed by atoms with Gasteiger partial charge in [0.1, 0.15) is 0 Å². The number of amides is 1. The van der Waals surface area contributed by atoms with E-state index in [1.807, 2.05) is 0 Å². The van der Waals surface area contributed by atoms with Gasteiger partial charge in [0.05, 0.1) is 0 Å². The first-order chi connectivity index (χ1) is 8.53. The summed E-state index contributed by atoms with van der Waals surface area (Å²) in [5, 5.41) is 3.01. The molecule has 1 rings (SSSR count). The molecule has 3 N–H and O–H groups in total. The van der Waals surface area contributed by atoms with Gasteiger partial charge in [0.25, 0.3) is 0 Å². The molecule has 0 aromatic heterocycles. The third-order valence-corrected chi connectivity index (χ3v) is 4.51. The quantitative estimate of drug-likeness (QED) is 0.688. The minimum absolute atomic E-state index is 0.118. The molecule has 1 fully saturated rings. The van der Waals surface area contributed by atoms with E-state index in [0.717, 1.165) is 32.4 Å². The van der Waals surface area contributed by atoms with Crippen molar-refractivity contribution < 1.29 is 4.79 Å². The summed E-state index contributed by atoms with van der Waals surface area (Å²) in [5.74, 6) is 0.165. The Morgan fingerprint density at radius 3 is 2.61 bits per heavy atom. The topological polar surface area (TPSA) is 58.4 Å². The van der Waals surface area contributed by atoms with Crippen LogP contribution < -0.4 is 11.1 Å². The zero-order valence-electron chi connectivity index (χ0n) is 12.2. The highest BCUT2D eigenvalue weighted by molar-refractivity contribution is 5.76. The van der Waals surface area contributed by atoms with Gasteiger partial charge in [-0.2, -0.15) is 0 Å². The highest BCUT2D eigenvalue weighted by Crippen LogP contribution is 2.42. The van der Waals surface area contributed by atoms with Gasteiger partial charge < -0.3 is 16.0 Å². The van der Waals surface area contributed by atoms with Gasteiger partial charge >= 0.3 is 0 Å². The number of hydrogen-bond acceptors (Lipinski definition) is 3. The average molecular weight is 255 g/mol. The molecule has 1 amide bonds. The van der Waals surface area contributed by atoms with Crippen molar-refractivity contribution in [3.8, 4) is 0 Å². The summed E-state index contributed by atoms with van der Waals surface area (Å²) in [4.78, 5) is 14.1. The molecule has 4 nitrogen and oxygen atoms in total. The number of hydrogen-bond donors (Lipinski definition) is 2. The summed E-state index contributed by atoms with van der Waals surface area (Å²) in [6.45, 7) is 6.69. The first kappa shape index (κ1) is 15.4. The lowest BCUT2D eigenvalue weighted by Crippen LogP contribution is -2.43. The fraction of sp³-hybridized carbons (Fsp3) is 0.929. The van der Waals surface area contributed by atoms with Gasteiger partial charge in [-0.05, 0) is 45.2 Å². The highest BCUT2D eigenvalue weighted by atomic mass is 16.1. The Labute approximate surface area is 111 Å². The molecule has 1 saturated carbocycles. The Kier molecular flexibility index (Phi) is 6.09. The van der Waals surface area contributed by atoms with Crippen molar-refractivity contribution >= 4 is 5.91 Å². The number of rotatable bonds is 8. The van der Waals surface area contributed by atoms with Crippen LogP contribution in [0.2, 0.25) is 0 Å². The molecule has 0 aromatic carbocycles. The maximum atomic E-state index is 11.8. The van der Waals surface area contributed by atoms with E-state index in [2.05, 4.69) is 31.1 Å². The second kappa shape index (κ2) is 7.10. The van der Waals surface area contributed by atoms with E-state index < -0.39 is 0 Å². The maximum Gasteiger partial charge on any atom is 0.220 e. The molecular formula is C14H29N3O. The van der Waals surface area contributed by atoms with Crippen LogP contribution in [0.5, 0.6) is 0 Å². The Morgan fingerprint density at radius 2 is 2.17 bits per heavy atom. The van der Waals surface area contributed by atoms with Crippen LogP contribution in [0.25, 0.3) is 0 Å². The number of carbonyl (C=O) groups is 1. The summed E-state index contributed by atoms with van der Waals surface area (Å²) >= 11 is 0. The molecule has 1 aliphatic carbocycles. The van der Waals surface area contributed by atoms with E-state index in [9.17, 15) is 4.79 Å². The lowest BCUT2D eigenvalue weighted by atomic mass is 9.66. The van der Waals surface area contributed by atoms with E-state index in [-0.39, 0.29) is 11.3 Å². The Balaban J connectivity index is 2.17. The molecule has 0 bridgehead atoms. The summed E-state index contributed by atoms with van der Waals surface area (Å²) in [6, 6.07) is 0.573. The van der Waals surface area contributed by atoms with Crippen molar-refractivity contribution in [2.45, 2.75) is 52.0 Å². The molecule has 4 heteroatoms. The van der Waals surface area contributed by atoms with Crippen LogP contribution in [-0.2, 0) is 4.79 Å². The monoisotopic (exact) mass is 255 g/mol. The van der Waals surface area contributed by atoms with Crippen molar-refractivity contribution in [1.82, 2.24) is 10.2 Å². The van der Waals surface area contributed by atoms with E-state index in [0.29, 0.717) is 19.0 Å². The van der Waals surface area contributed by atoms with Crippen LogP contribution in [0.4, 0.5) is 0 Å². The molecule has 1 atom stereocenters. The van der Waals surface area contributed by atoms with Crippen LogP contribution in [0.1, 0.15) is 46.0 Å². The van der Waals surface area contributed by atoms with Crippen LogP contribution in [-0.4, -0.2) is 43.5 Å². The van der Waals surface area contributed by atoms with Gasteiger partial charge in [-0.1, -0.05) is 13.3 Å². The van der Waals surface area contributed by atoms with Crippen molar-refractivity contribution in [2.75, 3.05) is 26.7 Å². The Morgan fingerprint density at radius 1 is 1.50 bits per heavy atom. The summed E-state index contributed by atoms with van der Waals surface area (Å²) in [6.07, 6.45) is 5.20. The molecular weight excluding hydrogens is 226 g/mol. The highest BCUT2D eigenvalue weighted by Gasteiger charge is 2.37. The van der Waals surface area contributed by atoms with E-state index in [1.165, 1.54) is 6.42 Å². The standard InChI is InChI=1S/C14H29N3O/c1-4-12(2)17(3)9-8-16-13(18)10-14(11-15)6-5-7-14/h12H,4-11,15H2,1-3H3,(H,16,18). The van der Waals surface area contributed by atoms with Gasteiger partial charge in [0.2, 0.25) is 5.91 Å². The zero-order chi connectivity index (χ0) is 13.6. The minimum atomic E-state index is 0.118. The molecule has 1 aliphatic rings. The fourth-order valence-electron chi connectivity index (χ4n) is 2.44. The second-order valence-electron chi connectivity index (χ2n) is 5.82. The van der Waals surface area contributed by atoms with Gasteiger partial charge in [0, 0.05) is 25.6 Å². The van der Waals surface area contributed by atoms with E-state index >= 15 is 0 Å². The molecule has 106 valence electrons. The largest absolute Gasteiger partial charge is 0.355 e. The number of nitrogens with one attached hydrogen (secondary N) is 1. The van der Waals surface area contributed by atoms with Gasteiger partial charge in [-0.15, -0.1) is 0 Å². The Bertz CT molecular complexity index is 258. The third-order valence-electron chi connectivity index (χ3n) is 4.51. The number of likely N-dealkylation sites (N-methyl/N-ethyl adjacent to an activating group) is 1. The van der Waals surface area contributed by atoms with Crippen LogP contribution in [0, 0.1) is 5.41 Å². The van der Waals surface area contributed by atoms with Crippen molar-refractivity contribution in [3.05, 3.63) is 0 Å². The van der Waals surface area contributed by atoms with E-state index in [4.69, 9.17) is 5.73 Å². The molecule has 0 heterocycles. The van der Waals surface area contributed by atoms with Crippen LogP contribution in [0.15, 0.2) is 0 Å². The number of carbonyl (C=O) groups excluding carboxylic acids is 1. The third kappa shape index (κ3) is 4.25. The normalized spacial score (nSPS) is 19.4. The summed E-state index contributed by atoms with van der Waals surface area (Å²) in [5.41, 5.74) is 5.88. The van der Waals surface area contributed by atoms with Crippen molar-refractivity contribution in [1.29, 1.82) is 0 Å². The predicted octanol–water partition coefficient (Wildman–Crippen LogP) is 1.35. The van der Waals surface area contributed by atoms with Crippen LogP contribution in [0.3, 0.4) is 0 Å². The smallest absolute Gasteiger partial charge is 0.220 e. The molecule has 0 saturated heterocycles. The van der Waals surface area contributed by atoms with Crippen molar-refractivity contribution in [2.24, 2.45) is 11.1 Å². The lowest BCUT2D eigenvalue weighted by molar-refractivity contribution is -0.124. The first-order valence-electron chi connectivity index (χ1n) is 7.20. The summed E-state index contributed by atoms with van der Waals surface area (Å²) < 4.78 is 0.